The SMILES string of the molecule is COC[C@H](OC)C(C)(C)CC(C)(C)OC. The summed E-state index contributed by atoms with van der Waals surface area (Å²) in [5.41, 5.74) is -0.0989. The standard InChI is InChI=1S/C12H26O3/c1-11(2,9-12(3,4)15-7)10(14-6)8-13-5/h10H,8-9H2,1-7H3/t10-/m0/s1. The normalized spacial score (nSPS) is 15.4. The van der Waals surface area contributed by atoms with Gasteiger partial charge in [-0.25, -0.2) is 0 Å². The van der Waals surface area contributed by atoms with Crippen LogP contribution in [0.5, 0.6) is 0 Å². The van der Waals surface area contributed by atoms with E-state index in [9.17, 15) is 0 Å². The topological polar surface area (TPSA) is 27.7 Å². The van der Waals surface area contributed by atoms with E-state index in [2.05, 4.69) is 27.7 Å². The van der Waals surface area contributed by atoms with Crippen LogP contribution in [0.2, 0.25) is 0 Å². The summed E-state index contributed by atoms with van der Waals surface area (Å²) in [7, 11) is 5.17. The van der Waals surface area contributed by atoms with E-state index in [0.29, 0.717) is 6.61 Å². The van der Waals surface area contributed by atoms with Gasteiger partial charge in [0.2, 0.25) is 0 Å². The highest BCUT2D eigenvalue weighted by atomic mass is 16.5. The lowest BCUT2D eigenvalue weighted by Crippen LogP contribution is -2.41. The Labute approximate surface area is 94.1 Å². The Morgan fingerprint density at radius 2 is 1.53 bits per heavy atom. The molecule has 0 spiro atoms. The van der Waals surface area contributed by atoms with E-state index >= 15 is 0 Å². The number of hydrogen-bond donors (Lipinski definition) is 0. The summed E-state index contributed by atoms with van der Waals surface area (Å²) in [5.74, 6) is 0. The van der Waals surface area contributed by atoms with Crippen LogP contribution in [0, 0.1) is 5.41 Å². The molecule has 0 heterocycles. The first kappa shape index (κ1) is 14.9. The fourth-order valence-electron chi connectivity index (χ4n) is 2.05. The Bertz CT molecular complexity index is 176. The predicted octanol–water partition coefficient (Wildman–Crippen LogP) is 2.49. The molecular formula is C12H26O3. The summed E-state index contributed by atoms with van der Waals surface area (Å²) < 4.78 is 16.1. The minimum atomic E-state index is -0.131. The zero-order chi connectivity index (χ0) is 12.1. The van der Waals surface area contributed by atoms with Crippen LogP contribution >= 0.6 is 0 Å². The zero-order valence-electron chi connectivity index (χ0n) is 11.2. The van der Waals surface area contributed by atoms with Gasteiger partial charge in [0.1, 0.15) is 0 Å². The van der Waals surface area contributed by atoms with Gasteiger partial charge in [0, 0.05) is 21.3 Å². The predicted molar refractivity (Wildman–Crippen MR) is 62.2 cm³/mol. The molecule has 1 atom stereocenters. The molecule has 0 saturated carbocycles. The molecule has 0 unspecified atom stereocenters. The Balaban J connectivity index is 4.49. The zero-order valence-corrected chi connectivity index (χ0v) is 11.2. The van der Waals surface area contributed by atoms with Gasteiger partial charge in [-0.2, -0.15) is 0 Å². The van der Waals surface area contributed by atoms with Crippen molar-refractivity contribution in [2.45, 2.75) is 45.8 Å². The van der Waals surface area contributed by atoms with E-state index < -0.39 is 0 Å². The first-order chi connectivity index (χ1) is 6.79. The van der Waals surface area contributed by atoms with E-state index in [1.54, 1.807) is 21.3 Å². The maximum Gasteiger partial charge on any atom is 0.0856 e. The molecule has 0 aliphatic carbocycles. The van der Waals surface area contributed by atoms with Crippen molar-refractivity contribution < 1.29 is 14.2 Å². The summed E-state index contributed by atoms with van der Waals surface area (Å²) in [6.07, 6.45) is 1.02. The Morgan fingerprint density at radius 3 is 1.87 bits per heavy atom. The monoisotopic (exact) mass is 218 g/mol. The first-order valence-electron chi connectivity index (χ1n) is 5.36. The summed E-state index contributed by atoms with van der Waals surface area (Å²) >= 11 is 0. The number of ether oxygens (including phenoxy) is 3. The van der Waals surface area contributed by atoms with Crippen molar-refractivity contribution in [1.29, 1.82) is 0 Å². The van der Waals surface area contributed by atoms with Crippen molar-refractivity contribution >= 4 is 0 Å². The minimum absolute atomic E-state index is 0.0320. The third kappa shape index (κ3) is 4.96. The quantitative estimate of drug-likeness (QED) is 0.657. The number of rotatable bonds is 7. The van der Waals surface area contributed by atoms with Crippen molar-refractivity contribution in [3.63, 3.8) is 0 Å². The second kappa shape index (κ2) is 5.83. The molecule has 0 saturated heterocycles. The fourth-order valence-corrected chi connectivity index (χ4v) is 2.05. The summed E-state index contributed by atoms with van der Waals surface area (Å²) in [6.45, 7) is 9.16. The first-order valence-corrected chi connectivity index (χ1v) is 5.36. The van der Waals surface area contributed by atoms with Crippen LogP contribution in [0.3, 0.4) is 0 Å². The molecule has 0 aromatic carbocycles. The largest absolute Gasteiger partial charge is 0.382 e. The lowest BCUT2D eigenvalue weighted by Gasteiger charge is -2.38. The second-order valence-electron chi connectivity index (χ2n) is 5.31. The summed E-state index contributed by atoms with van der Waals surface area (Å²) in [4.78, 5) is 0. The molecular weight excluding hydrogens is 192 g/mol. The average Bonchev–Trinajstić information content (AvgIpc) is 2.12. The van der Waals surface area contributed by atoms with Gasteiger partial charge in [-0.3, -0.25) is 0 Å². The van der Waals surface area contributed by atoms with Crippen molar-refractivity contribution in [1.82, 2.24) is 0 Å². The second-order valence-corrected chi connectivity index (χ2v) is 5.31. The van der Waals surface area contributed by atoms with Crippen molar-refractivity contribution in [2.24, 2.45) is 5.41 Å². The van der Waals surface area contributed by atoms with Gasteiger partial charge >= 0.3 is 0 Å². The van der Waals surface area contributed by atoms with Gasteiger partial charge < -0.3 is 14.2 Å². The van der Waals surface area contributed by atoms with Gasteiger partial charge in [0.05, 0.1) is 18.3 Å². The molecule has 3 heteroatoms. The summed E-state index contributed by atoms with van der Waals surface area (Å²) in [6, 6.07) is 0. The maximum absolute atomic E-state index is 5.47. The van der Waals surface area contributed by atoms with Gasteiger partial charge in [0.15, 0.2) is 0 Å². The third-order valence-electron chi connectivity index (χ3n) is 2.91. The van der Waals surface area contributed by atoms with Gasteiger partial charge in [-0.1, -0.05) is 13.8 Å². The third-order valence-corrected chi connectivity index (χ3v) is 2.91. The molecule has 0 N–H and O–H groups in total. The molecule has 3 nitrogen and oxygen atoms in total. The van der Waals surface area contributed by atoms with Crippen LogP contribution in [0.1, 0.15) is 34.1 Å². The Hall–Kier alpha value is -0.120. The summed E-state index contributed by atoms with van der Waals surface area (Å²) in [5, 5.41) is 0. The molecule has 0 aliphatic heterocycles. The molecule has 0 aromatic rings. The van der Waals surface area contributed by atoms with Gasteiger partial charge in [-0.05, 0) is 25.7 Å². The minimum Gasteiger partial charge on any atom is -0.382 e. The van der Waals surface area contributed by atoms with Gasteiger partial charge in [-0.15, -0.1) is 0 Å². The molecule has 15 heavy (non-hydrogen) atoms. The molecule has 0 bridgehead atoms. The highest BCUT2D eigenvalue weighted by Gasteiger charge is 2.35. The van der Waals surface area contributed by atoms with Crippen LogP contribution < -0.4 is 0 Å². The molecule has 0 rings (SSSR count). The molecule has 0 radical (unpaired) electrons. The van der Waals surface area contributed by atoms with Crippen LogP contribution in [-0.2, 0) is 14.2 Å². The smallest absolute Gasteiger partial charge is 0.0856 e. The van der Waals surface area contributed by atoms with Crippen molar-refractivity contribution in [3.8, 4) is 0 Å². The maximum atomic E-state index is 5.47. The molecule has 0 amide bonds. The molecule has 0 fully saturated rings. The number of methoxy groups -OCH3 is 3. The Morgan fingerprint density at radius 1 is 1.00 bits per heavy atom. The highest BCUT2D eigenvalue weighted by molar-refractivity contribution is 4.86. The lowest BCUT2D eigenvalue weighted by molar-refractivity contribution is -0.0853. The van der Waals surface area contributed by atoms with Crippen molar-refractivity contribution in [2.75, 3.05) is 27.9 Å². The fraction of sp³-hybridized carbons (Fsp3) is 1.00. The molecule has 0 aliphatic rings. The Kier molecular flexibility index (Phi) is 5.78. The van der Waals surface area contributed by atoms with Crippen LogP contribution in [0.4, 0.5) is 0 Å². The van der Waals surface area contributed by atoms with E-state index in [-0.39, 0.29) is 17.1 Å². The lowest BCUT2D eigenvalue weighted by atomic mass is 9.77. The highest BCUT2D eigenvalue weighted by Crippen LogP contribution is 2.34. The number of hydrogen-bond acceptors (Lipinski definition) is 3. The average molecular weight is 218 g/mol. The van der Waals surface area contributed by atoms with E-state index in [1.807, 2.05) is 0 Å². The van der Waals surface area contributed by atoms with E-state index in [4.69, 9.17) is 14.2 Å². The van der Waals surface area contributed by atoms with Crippen molar-refractivity contribution in [3.05, 3.63) is 0 Å². The van der Waals surface area contributed by atoms with Crippen LogP contribution in [0.15, 0.2) is 0 Å². The van der Waals surface area contributed by atoms with Crippen LogP contribution in [0.25, 0.3) is 0 Å². The van der Waals surface area contributed by atoms with E-state index in [0.717, 1.165) is 6.42 Å². The van der Waals surface area contributed by atoms with Gasteiger partial charge in [0.25, 0.3) is 0 Å². The van der Waals surface area contributed by atoms with Crippen LogP contribution in [-0.4, -0.2) is 39.6 Å². The van der Waals surface area contributed by atoms with E-state index in [1.165, 1.54) is 0 Å². The molecule has 92 valence electrons. The molecule has 0 aromatic heterocycles.